The van der Waals surface area contributed by atoms with Crippen molar-refractivity contribution < 1.29 is 0 Å². The molecular weight excluding hydrogens is 220 g/mol. The maximum atomic E-state index is 3.60. The van der Waals surface area contributed by atoms with Crippen molar-refractivity contribution in [1.82, 2.24) is 5.32 Å². The molecule has 2 atom stereocenters. The molecule has 2 aliphatic rings. The highest BCUT2D eigenvalue weighted by Gasteiger charge is 2.22. The van der Waals surface area contributed by atoms with Crippen molar-refractivity contribution in [3.05, 3.63) is 29.8 Å². The highest BCUT2D eigenvalue weighted by atomic mass is 15.1. The largest absolute Gasteiger partial charge is 0.371 e. The summed E-state index contributed by atoms with van der Waals surface area (Å²) in [4.78, 5) is 2.60. The van der Waals surface area contributed by atoms with Gasteiger partial charge in [-0.15, -0.1) is 0 Å². The van der Waals surface area contributed by atoms with Crippen molar-refractivity contribution in [3.8, 4) is 0 Å². The number of nitrogens with one attached hydrogen (secondary N) is 1. The van der Waals surface area contributed by atoms with E-state index in [4.69, 9.17) is 0 Å². The predicted molar refractivity (Wildman–Crippen MR) is 77.2 cm³/mol. The van der Waals surface area contributed by atoms with Gasteiger partial charge < -0.3 is 10.2 Å². The fourth-order valence-electron chi connectivity index (χ4n) is 3.43. The van der Waals surface area contributed by atoms with Crippen LogP contribution in [-0.2, 0) is 6.42 Å². The molecule has 1 fully saturated rings. The number of rotatable bonds is 3. The van der Waals surface area contributed by atoms with E-state index >= 15 is 0 Å². The van der Waals surface area contributed by atoms with Crippen LogP contribution >= 0.6 is 0 Å². The topological polar surface area (TPSA) is 15.3 Å². The molecule has 1 saturated heterocycles. The van der Waals surface area contributed by atoms with Gasteiger partial charge in [0.05, 0.1) is 0 Å². The molecule has 1 aromatic carbocycles. The lowest BCUT2D eigenvalue weighted by molar-refractivity contribution is 0.496. The normalized spacial score (nSPS) is 27.3. The van der Waals surface area contributed by atoms with Crippen LogP contribution in [0.25, 0.3) is 0 Å². The zero-order chi connectivity index (χ0) is 12.4. The number of hydrogen-bond acceptors (Lipinski definition) is 2. The Balaban J connectivity index is 1.67. The zero-order valence-electron chi connectivity index (χ0n) is 11.4. The van der Waals surface area contributed by atoms with Crippen LogP contribution in [0, 0.1) is 5.92 Å². The predicted octanol–water partition coefficient (Wildman–Crippen LogP) is 2.83. The molecule has 1 aromatic rings. The van der Waals surface area contributed by atoms with Crippen LogP contribution in [0.15, 0.2) is 24.3 Å². The number of hydrogen-bond donors (Lipinski definition) is 1. The molecule has 0 saturated carbocycles. The average molecular weight is 244 g/mol. The number of benzene rings is 1. The third-order valence-corrected chi connectivity index (χ3v) is 4.34. The van der Waals surface area contributed by atoms with Gasteiger partial charge >= 0.3 is 0 Å². The molecule has 1 N–H and O–H groups in total. The van der Waals surface area contributed by atoms with Gasteiger partial charge in [0, 0.05) is 24.8 Å². The summed E-state index contributed by atoms with van der Waals surface area (Å²) in [6.45, 7) is 6.02. The standard InChI is InChI=1S/C16H24N2/c1-13-11-14-5-2-3-7-16(14)18(12-13)10-8-15-6-4-9-17-15/h2-3,5,7,13,15,17H,4,6,8-12H2,1H3. The second-order valence-electron chi connectivity index (χ2n) is 5.97. The lowest BCUT2D eigenvalue weighted by Gasteiger charge is -2.35. The third kappa shape index (κ3) is 2.54. The van der Waals surface area contributed by atoms with E-state index in [2.05, 4.69) is 41.4 Å². The van der Waals surface area contributed by atoms with E-state index < -0.39 is 0 Å². The van der Waals surface area contributed by atoms with Gasteiger partial charge in [-0.1, -0.05) is 25.1 Å². The quantitative estimate of drug-likeness (QED) is 0.879. The molecule has 0 aromatic heterocycles. The summed E-state index contributed by atoms with van der Waals surface area (Å²) in [5.74, 6) is 0.788. The summed E-state index contributed by atoms with van der Waals surface area (Å²) < 4.78 is 0. The van der Waals surface area contributed by atoms with E-state index in [0.29, 0.717) is 0 Å². The van der Waals surface area contributed by atoms with Gasteiger partial charge in [0.15, 0.2) is 0 Å². The Hall–Kier alpha value is -1.02. The number of fused-ring (bicyclic) bond motifs is 1. The summed E-state index contributed by atoms with van der Waals surface area (Å²) >= 11 is 0. The smallest absolute Gasteiger partial charge is 0.0398 e. The minimum atomic E-state index is 0.759. The van der Waals surface area contributed by atoms with Crippen molar-refractivity contribution in [1.29, 1.82) is 0 Å². The van der Waals surface area contributed by atoms with Crippen molar-refractivity contribution in [2.75, 3.05) is 24.5 Å². The maximum Gasteiger partial charge on any atom is 0.0398 e. The minimum Gasteiger partial charge on any atom is -0.371 e. The third-order valence-electron chi connectivity index (χ3n) is 4.34. The first-order valence-electron chi connectivity index (χ1n) is 7.39. The lowest BCUT2D eigenvalue weighted by Crippen LogP contribution is -2.37. The van der Waals surface area contributed by atoms with Crippen LogP contribution in [0.2, 0.25) is 0 Å². The first-order chi connectivity index (χ1) is 8.83. The second-order valence-corrected chi connectivity index (χ2v) is 5.97. The van der Waals surface area contributed by atoms with Gasteiger partial charge in [0.1, 0.15) is 0 Å². The van der Waals surface area contributed by atoms with E-state index in [0.717, 1.165) is 12.0 Å². The van der Waals surface area contributed by atoms with Crippen molar-refractivity contribution in [2.24, 2.45) is 5.92 Å². The van der Waals surface area contributed by atoms with E-state index in [1.54, 1.807) is 0 Å². The molecule has 0 amide bonds. The molecule has 2 heterocycles. The summed E-state index contributed by atoms with van der Waals surface area (Å²) in [7, 11) is 0. The first kappa shape index (κ1) is 12.0. The Labute approximate surface area is 110 Å². The lowest BCUT2D eigenvalue weighted by atomic mass is 9.93. The molecule has 2 aliphatic heterocycles. The van der Waals surface area contributed by atoms with E-state index in [-0.39, 0.29) is 0 Å². The fraction of sp³-hybridized carbons (Fsp3) is 0.625. The van der Waals surface area contributed by atoms with Crippen LogP contribution < -0.4 is 10.2 Å². The van der Waals surface area contributed by atoms with Gasteiger partial charge in [0.25, 0.3) is 0 Å². The molecular formula is C16H24N2. The Morgan fingerprint density at radius 2 is 2.22 bits per heavy atom. The number of para-hydroxylation sites is 1. The molecule has 0 bridgehead atoms. The van der Waals surface area contributed by atoms with Crippen LogP contribution in [0.3, 0.4) is 0 Å². The fourth-order valence-corrected chi connectivity index (χ4v) is 3.43. The number of nitrogens with zero attached hydrogens (tertiary/aromatic N) is 1. The summed E-state index contributed by atoms with van der Waals surface area (Å²) in [5.41, 5.74) is 3.02. The molecule has 2 nitrogen and oxygen atoms in total. The van der Waals surface area contributed by atoms with Gasteiger partial charge in [-0.3, -0.25) is 0 Å². The molecule has 0 radical (unpaired) electrons. The van der Waals surface area contributed by atoms with Gasteiger partial charge in [-0.05, 0) is 49.8 Å². The van der Waals surface area contributed by atoms with Crippen molar-refractivity contribution in [2.45, 2.75) is 38.6 Å². The molecule has 98 valence electrons. The highest BCUT2D eigenvalue weighted by Crippen LogP contribution is 2.29. The SMILES string of the molecule is CC1Cc2ccccc2N(CCC2CCCN2)C1. The second kappa shape index (κ2) is 5.31. The van der Waals surface area contributed by atoms with Crippen LogP contribution in [0.1, 0.15) is 31.7 Å². The van der Waals surface area contributed by atoms with E-state index in [1.807, 2.05) is 0 Å². The molecule has 2 unspecified atom stereocenters. The summed E-state index contributed by atoms with van der Waals surface area (Å²) in [6, 6.07) is 9.70. The monoisotopic (exact) mass is 244 g/mol. The van der Waals surface area contributed by atoms with E-state index in [9.17, 15) is 0 Å². The first-order valence-corrected chi connectivity index (χ1v) is 7.39. The molecule has 0 aliphatic carbocycles. The van der Waals surface area contributed by atoms with Crippen LogP contribution in [0.5, 0.6) is 0 Å². The minimum absolute atomic E-state index is 0.759. The Morgan fingerprint density at radius 3 is 3.06 bits per heavy atom. The molecule has 2 heteroatoms. The van der Waals surface area contributed by atoms with Crippen LogP contribution in [0.4, 0.5) is 5.69 Å². The Bertz CT molecular complexity index is 396. The van der Waals surface area contributed by atoms with Gasteiger partial charge in [-0.25, -0.2) is 0 Å². The molecule has 3 rings (SSSR count). The summed E-state index contributed by atoms with van der Waals surface area (Å²) in [5, 5.41) is 3.60. The van der Waals surface area contributed by atoms with Crippen molar-refractivity contribution in [3.63, 3.8) is 0 Å². The molecule has 18 heavy (non-hydrogen) atoms. The molecule has 0 spiro atoms. The zero-order valence-corrected chi connectivity index (χ0v) is 11.4. The Morgan fingerprint density at radius 1 is 1.33 bits per heavy atom. The van der Waals surface area contributed by atoms with Crippen LogP contribution in [-0.4, -0.2) is 25.7 Å². The number of anilines is 1. The summed E-state index contributed by atoms with van der Waals surface area (Å²) in [6.07, 6.45) is 5.26. The van der Waals surface area contributed by atoms with Gasteiger partial charge in [0.2, 0.25) is 0 Å². The van der Waals surface area contributed by atoms with Gasteiger partial charge in [-0.2, -0.15) is 0 Å². The van der Waals surface area contributed by atoms with E-state index in [1.165, 1.54) is 56.6 Å². The highest BCUT2D eigenvalue weighted by molar-refractivity contribution is 5.55. The maximum absolute atomic E-state index is 3.60. The van der Waals surface area contributed by atoms with Crippen molar-refractivity contribution >= 4 is 5.69 Å². The Kier molecular flexibility index (Phi) is 3.55. The average Bonchev–Trinajstić information content (AvgIpc) is 2.89.